The van der Waals surface area contributed by atoms with Crippen LogP contribution in [0, 0.1) is 0 Å². The SMILES string of the molecule is COc1cccc(-c2cnc(Cl)c(N)c2)c1. The van der Waals surface area contributed by atoms with Crippen LogP contribution in [0.15, 0.2) is 36.5 Å². The number of benzene rings is 1. The van der Waals surface area contributed by atoms with Gasteiger partial charge in [0.2, 0.25) is 0 Å². The van der Waals surface area contributed by atoms with Crippen LogP contribution in [0.4, 0.5) is 5.69 Å². The molecule has 3 nitrogen and oxygen atoms in total. The summed E-state index contributed by atoms with van der Waals surface area (Å²) in [7, 11) is 1.63. The van der Waals surface area contributed by atoms with Gasteiger partial charge < -0.3 is 10.5 Å². The van der Waals surface area contributed by atoms with E-state index in [2.05, 4.69) is 4.98 Å². The van der Waals surface area contributed by atoms with E-state index in [1.54, 1.807) is 19.4 Å². The number of halogens is 1. The van der Waals surface area contributed by atoms with Gasteiger partial charge >= 0.3 is 0 Å². The van der Waals surface area contributed by atoms with Gasteiger partial charge in [-0.05, 0) is 23.8 Å². The van der Waals surface area contributed by atoms with Gasteiger partial charge in [0.1, 0.15) is 5.75 Å². The minimum absolute atomic E-state index is 0.326. The van der Waals surface area contributed by atoms with E-state index in [0.717, 1.165) is 16.9 Å². The number of pyridine rings is 1. The Kier molecular flexibility index (Phi) is 2.97. The lowest BCUT2D eigenvalue weighted by Gasteiger charge is -2.05. The van der Waals surface area contributed by atoms with E-state index < -0.39 is 0 Å². The minimum atomic E-state index is 0.326. The highest BCUT2D eigenvalue weighted by Gasteiger charge is 2.03. The average molecular weight is 235 g/mol. The highest BCUT2D eigenvalue weighted by Crippen LogP contribution is 2.26. The minimum Gasteiger partial charge on any atom is -0.497 e. The molecule has 0 saturated carbocycles. The molecule has 0 saturated heterocycles. The number of nitrogens with zero attached hydrogens (tertiary/aromatic N) is 1. The molecule has 1 aromatic carbocycles. The first-order chi connectivity index (χ1) is 7.70. The maximum atomic E-state index is 5.77. The summed E-state index contributed by atoms with van der Waals surface area (Å²) in [6, 6.07) is 9.48. The number of nitrogens with two attached hydrogens (primary N) is 1. The van der Waals surface area contributed by atoms with Crippen LogP contribution >= 0.6 is 11.6 Å². The predicted molar refractivity (Wildman–Crippen MR) is 65.6 cm³/mol. The normalized spacial score (nSPS) is 10.1. The topological polar surface area (TPSA) is 48.1 Å². The molecule has 0 aliphatic rings. The lowest BCUT2D eigenvalue weighted by Crippen LogP contribution is -1.90. The van der Waals surface area contributed by atoms with Crippen molar-refractivity contribution in [2.45, 2.75) is 0 Å². The number of hydrogen-bond donors (Lipinski definition) is 1. The van der Waals surface area contributed by atoms with E-state index in [1.165, 1.54) is 0 Å². The Morgan fingerprint density at radius 2 is 2.06 bits per heavy atom. The Labute approximate surface area is 98.8 Å². The third-order valence-corrected chi connectivity index (χ3v) is 2.59. The molecular formula is C12H11ClN2O. The van der Waals surface area contributed by atoms with Crippen molar-refractivity contribution in [1.82, 2.24) is 4.98 Å². The Bertz CT molecular complexity index is 514. The molecule has 2 N–H and O–H groups in total. The highest BCUT2D eigenvalue weighted by molar-refractivity contribution is 6.31. The summed E-state index contributed by atoms with van der Waals surface area (Å²) in [4.78, 5) is 4.01. The van der Waals surface area contributed by atoms with Crippen molar-refractivity contribution in [2.75, 3.05) is 12.8 Å². The fourth-order valence-electron chi connectivity index (χ4n) is 1.43. The molecule has 0 aliphatic carbocycles. The summed E-state index contributed by atoms with van der Waals surface area (Å²) in [5, 5.41) is 0.326. The molecule has 1 heterocycles. The number of anilines is 1. The van der Waals surface area contributed by atoms with E-state index in [0.29, 0.717) is 10.8 Å². The average Bonchev–Trinajstić information content (AvgIpc) is 2.33. The van der Waals surface area contributed by atoms with Crippen LogP contribution < -0.4 is 10.5 Å². The third kappa shape index (κ3) is 2.09. The van der Waals surface area contributed by atoms with Crippen LogP contribution in [0.25, 0.3) is 11.1 Å². The second kappa shape index (κ2) is 4.41. The van der Waals surface area contributed by atoms with Gasteiger partial charge in [-0.1, -0.05) is 23.7 Å². The van der Waals surface area contributed by atoms with Gasteiger partial charge in [0.05, 0.1) is 12.8 Å². The molecule has 0 spiro atoms. The smallest absolute Gasteiger partial charge is 0.151 e. The van der Waals surface area contributed by atoms with Gasteiger partial charge in [-0.25, -0.2) is 4.98 Å². The van der Waals surface area contributed by atoms with Crippen molar-refractivity contribution < 1.29 is 4.74 Å². The second-order valence-electron chi connectivity index (χ2n) is 3.34. The van der Waals surface area contributed by atoms with Crippen molar-refractivity contribution in [3.05, 3.63) is 41.7 Å². The molecular weight excluding hydrogens is 224 g/mol. The first-order valence-corrected chi connectivity index (χ1v) is 5.14. The fraction of sp³-hybridized carbons (Fsp3) is 0.0833. The standard InChI is InChI=1S/C12H11ClN2O/c1-16-10-4-2-3-8(5-10)9-6-11(14)12(13)15-7-9/h2-7H,14H2,1H3. The summed E-state index contributed by atoms with van der Waals surface area (Å²) in [5.41, 5.74) is 8.09. The molecule has 16 heavy (non-hydrogen) atoms. The van der Waals surface area contributed by atoms with Gasteiger partial charge in [-0.2, -0.15) is 0 Å². The first-order valence-electron chi connectivity index (χ1n) is 4.76. The van der Waals surface area contributed by atoms with E-state index in [4.69, 9.17) is 22.1 Å². The van der Waals surface area contributed by atoms with Gasteiger partial charge in [0, 0.05) is 11.8 Å². The van der Waals surface area contributed by atoms with Crippen LogP contribution in [0.3, 0.4) is 0 Å². The van der Waals surface area contributed by atoms with Crippen LogP contribution in [0.5, 0.6) is 5.75 Å². The van der Waals surface area contributed by atoms with E-state index >= 15 is 0 Å². The number of ether oxygens (including phenoxy) is 1. The summed E-state index contributed by atoms with van der Waals surface area (Å²) in [5.74, 6) is 0.797. The molecule has 0 atom stereocenters. The van der Waals surface area contributed by atoms with Crippen molar-refractivity contribution >= 4 is 17.3 Å². The Morgan fingerprint density at radius 3 is 2.75 bits per heavy atom. The molecule has 2 aromatic rings. The first kappa shape index (κ1) is 10.8. The summed E-state index contributed by atoms with van der Waals surface area (Å²) in [6.45, 7) is 0. The molecule has 1 aromatic heterocycles. The molecule has 0 unspecified atom stereocenters. The maximum Gasteiger partial charge on any atom is 0.151 e. The van der Waals surface area contributed by atoms with E-state index in [-0.39, 0.29) is 0 Å². The van der Waals surface area contributed by atoms with Crippen molar-refractivity contribution in [3.63, 3.8) is 0 Å². The summed E-state index contributed by atoms with van der Waals surface area (Å²) >= 11 is 5.77. The quantitative estimate of drug-likeness (QED) is 0.813. The number of aromatic nitrogens is 1. The van der Waals surface area contributed by atoms with Crippen molar-refractivity contribution in [1.29, 1.82) is 0 Å². The Balaban J connectivity index is 2.46. The Hall–Kier alpha value is -1.74. The number of rotatable bonds is 2. The van der Waals surface area contributed by atoms with Crippen LogP contribution in [0.2, 0.25) is 5.15 Å². The maximum absolute atomic E-state index is 5.77. The molecule has 0 bridgehead atoms. The van der Waals surface area contributed by atoms with Crippen molar-refractivity contribution in [3.8, 4) is 16.9 Å². The Morgan fingerprint density at radius 1 is 1.25 bits per heavy atom. The monoisotopic (exact) mass is 234 g/mol. The fourth-order valence-corrected chi connectivity index (χ4v) is 1.53. The zero-order valence-corrected chi connectivity index (χ0v) is 9.53. The van der Waals surface area contributed by atoms with E-state index in [1.807, 2.05) is 24.3 Å². The zero-order valence-electron chi connectivity index (χ0n) is 8.77. The largest absolute Gasteiger partial charge is 0.497 e. The van der Waals surface area contributed by atoms with Crippen LogP contribution in [-0.4, -0.2) is 12.1 Å². The molecule has 2 rings (SSSR count). The molecule has 0 amide bonds. The van der Waals surface area contributed by atoms with Gasteiger partial charge in [-0.15, -0.1) is 0 Å². The molecule has 82 valence electrons. The molecule has 0 radical (unpaired) electrons. The third-order valence-electron chi connectivity index (χ3n) is 2.27. The number of nitrogen functional groups attached to an aromatic ring is 1. The lowest BCUT2D eigenvalue weighted by atomic mass is 10.1. The predicted octanol–water partition coefficient (Wildman–Crippen LogP) is 2.99. The van der Waals surface area contributed by atoms with Gasteiger partial charge in [0.15, 0.2) is 5.15 Å². The highest BCUT2D eigenvalue weighted by atomic mass is 35.5. The van der Waals surface area contributed by atoms with Crippen LogP contribution in [-0.2, 0) is 0 Å². The molecule has 0 aliphatic heterocycles. The number of hydrogen-bond acceptors (Lipinski definition) is 3. The zero-order chi connectivity index (χ0) is 11.5. The molecule has 0 fully saturated rings. The molecule has 4 heteroatoms. The summed E-state index contributed by atoms with van der Waals surface area (Å²) in [6.07, 6.45) is 1.69. The summed E-state index contributed by atoms with van der Waals surface area (Å²) < 4.78 is 5.15. The van der Waals surface area contributed by atoms with Gasteiger partial charge in [0.25, 0.3) is 0 Å². The van der Waals surface area contributed by atoms with Crippen LogP contribution in [0.1, 0.15) is 0 Å². The van der Waals surface area contributed by atoms with E-state index in [9.17, 15) is 0 Å². The van der Waals surface area contributed by atoms with Gasteiger partial charge in [-0.3, -0.25) is 0 Å². The number of methoxy groups -OCH3 is 1. The lowest BCUT2D eigenvalue weighted by molar-refractivity contribution is 0.415. The second-order valence-corrected chi connectivity index (χ2v) is 3.69. The van der Waals surface area contributed by atoms with Crippen molar-refractivity contribution in [2.24, 2.45) is 0 Å².